The van der Waals surface area contributed by atoms with Gasteiger partial charge in [-0.1, -0.05) is 0 Å². The number of hydrazone groups is 1. The molecule has 2 heterocycles. The minimum Gasteiger partial charge on any atom is -0.508 e. The summed E-state index contributed by atoms with van der Waals surface area (Å²) in [4.78, 5) is 31.9. The Morgan fingerprint density at radius 3 is 2.86 bits per heavy atom. The zero-order valence-corrected chi connectivity index (χ0v) is 16.2. The van der Waals surface area contributed by atoms with E-state index in [1.54, 1.807) is 30.4 Å². The van der Waals surface area contributed by atoms with Gasteiger partial charge in [0.1, 0.15) is 16.6 Å². The predicted molar refractivity (Wildman–Crippen MR) is 109 cm³/mol. The lowest BCUT2D eigenvalue weighted by atomic mass is 9.97. The molecule has 0 spiro atoms. The Morgan fingerprint density at radius 2 is 2.07 bits per heavy atom. The Bertz CT molecular complexity index is 1110. The van der Waals surface area contributed by atoms with Crippen LogP contribution in [0.3, 0.4) is 0 Å². The molecule has 1 amide bonds. The second kappa shape index (κ2) is 7.55. The van der Waals surface area contributed by atoms with Crippen molar-refractivity contribution in [3.05, 3.63) is 57.0 Å². The SMILES string of the molecule is C[C@@H](C(=O)N/N=C/c1ccc(O)cc1)n1cnc2sc3c(c2c1=O)CCCC3. The molecule has 1 aliphatic rings. The molecule has 0 radical (unpaired) electrons. The summed E-state index contributed by atoms with van der Waals surface area (Å²) in [6.45, 7) is 1.65. The predicted octanol–water partition coefficient (Wildman–Crippen LogP) is 2.75. The van der Waals surface area contributed by atoms with Crippen molar-refractivity contribution in [2.75, 3.05) is 0 Å². The van der Waals surface area contributed by atoms with Gasteiger partial charge in [0.15, 0.2) is 0 Å². The van der Waals surface area contributed by atoms with Gasteiger partial charge in [-0.05, 0) is 68.0 Å². The average Bonchev–Trinajstić information content (AvgIpc) is 3.08. The first-order chi connectivity index (χ1) is 13.5. The first kappa shape index (κ1) is 18.4. The van der Waals surface area contributed by atoms with E-state index in [4.69, 9.17) is 0 Å². The number of aromatic hydroxyl groups is 1. The Morgan fingerprint density at radius 1 is 1.32 bits per heavy atom. The number of rotatable bonds is 4. The second-order valence-corrected chi connectivity index (χ2v) is 7.93. The summed E-state index contributed by atoms with van der Waals surface area (Å²) in [7, 11) is 0. The summed E-state index contributed by atoms with van der Waals surface area (Å²) in [6, 6.07) is 5.69. The fourth-order valence-electron chi connectivity index (χ4n) is 3.39. The van der Waals surface area contributed by atoms with E-state index in [2.05, 4.69) is 15.5 Å². The van der Waals surface area contributed by atoms with Crippen molar-refractivity contribution in [1.29, 1.82) is 0 Å². The van der Waals surface area contributed by atoms with Crippen LogP contribution < -0.4 is 11.0 Å². The molecule has 8 heteroatoms. The number of benzene rings is 1. The fraction of sp³-hybridized carbons (Fsp3) is 0.300. The fourth-order valence-corrected chi connectivity index (χ4v) is 4.61. The zero-order valence-electron chi connectivity index (χ0n) is 15.4. The van der Waals surface area contributed by atoms with Gasteiger partial charge in [-0.25, -0.2) is 10.4 Å². The molecule has 28 heavy (non-hydrogen) atoms. The number of nitrogens with zero attached hydrogens (tertiary/aromatic N) is 3. The average molecular weight is 396 g/mol. The maximum Gasteiger partial charge on any atom is 0.263 e. The van der Waals surface area contributed by atoms with Crippen LogP contribution in [0.5, 0.6) is 5.75 Å². The van der Waals surface area contributed by atoms with Crippen molar-refractivity contribution in [3.8, 4) is 5.75 Å². The van der Waals surface area contributed by atoms with Crippen LogP contribution in [0.4, 0.5) is 0 Å². The first-order valence-electron chi connectivity index (χ1n) is 9.18. The Kier molecular flexibility index (Phi) is 4.95. The number of amides is 1. The first-order valence-corrected chi connectivity index (χ1v) is 9.99. The van der Waals surface area contributed by atoms with Gasteiger partial charge in [0, 0.05) is 4.88 Å². The lowest BCUT2D eigenvalue weighted by Crippen LogP contribution is -2.34. The van der Waals surface area contributed by atoms with Crippen LogP contribution in [-0.2, 0) is 17.6 Å². The van der Waals surface area contributed by atoms with Crippen LogP contribution in [0.25, 0.3) is 10.2 Å². The Hall–Kier alpha value is -3.00. The number of hydrogen-bond acceptors (Lipinski definition) is 6. The number of hydrogen-bond donors (Lipinski definition) is 2. The third-order valence-corrected chi connectivity index (χ3v) is 6.18. The number of fused-ring (bicyclic) bond motifs is 3. The highest BCUT2D eigenvalue weighted by Crippen LogP contribution is 2.33. The van der Waals surface area contributed by atoms with E-state index in [9.17, 15) is 14.7 Å². The van der Waals surface area contributed by atoms with Crippen molar-refractivity contribution >= 4 is 33.7 Å². The molecule has 0 bridgehead atoms. The highest BCUT2D eigenvalue weighted by molar-refractivity contribution is 7.18. The van der Waals surface area contributed by atoms with Crippen LogP contribution in [0, 0.1) is 0 Å². The number of carbonyl (C=O) groups excluding carboxylic acids is 1. The maximum absolute atomic E-state index is 13.0. The van der Waals surface area contributed by atoms with E-state index in [0.29, 0.717) is 5.39 Å². The highest BCUT2D eigenvalue weighted by Gasteiger charge is 2.23. The number of aromatic nitrogens is 2. The van der Waals surface area contributed by atoms with Gasteiger partial charge in [-0.3, -0.25) is 14.2 Å². The van der Waals surface area contributed by atoms with Crippen molar-refractivity contribution in [2.24, 2.45) is 5.10 Å². The number of thiophene rings is 1. The topological polar surface area (TPSA) is 96.6 Å². The third-order valence-electron chi connectivity index (χ3n) is 4.98. The maximum atomic E-state index is 13.0. The Labute approximate surface area is 165 Å². The van der Waals surface area contributed by atoms with Crippen LogP contribution in [-0.4, -0.2) is 26.8 Å². The highest BCUT2D eigenvalue weighted by atomic mass is 32.1. The van der Waals surface area contributed by atoms with Crippen LogP contribution >= 0.6 is 11.3 Å². The number of aryl methyl sites for hydroxylation is 2. The summed E-state index contributed by atoms with van der Waals surface area (Å²) < 4.78 is 1.37. The standard InChI is InChI=1S/C20H20N4O3S/c1-12(18(26)23-22-10-13-6-8-14(25)9-7-13)24-11-21-19-17(20(24)27)15-4-2-3-5-16(15)28-19/h6-12,25H,2-5H2,1H3,(H,23,26)/b22-10+/t12-/m0/s1. The molecule has 144 valence electrons. The largest absolute Gasteiger partial charge is 0.508 e. The molecule has 0 saturated heterocycles. The van der Waals surface area contributed by atoms with Gasteiger partial charge in [0.05, 0.1) is 17.9 Å². The zero-order chi connectivity index (χ0) is 19.7. The number of phenols is 1. The van der Waals surface area contributed by atoms with Crippen molar-refractivity contribution in [3.63, 3.8) is 0 Å². The molecule has 2 N–H and O–H groups in total. The number of carbonyl (C=O) groups is 1. The van der Waals surface area contributed by atoms with Gasteiger partial charge in [-0.15, -0.1) is 11.3 Å². The van der Waals surface area contributed by atoms with Gasteiger partial charge in [0.2, 0.25) is 0 Å². The minimum absolute atomic E-state index is 0.160. The molecule has 3 aromatic rings. The quantitative estimate of drug-likeness (QED) is 0.523. The van der Waals surface area contributed by atoms with Gasteiger partial charge in [0.25, 0.3) is 11.5 Å². The summed E-state index contributed by atoms with van der Waals surface area (Å²) in [5.41, 5.74) is 4.13. The van der Waals surface area contributed by atoms with Gasteiger partial charge in [-0.2, -0.15) is 5.10 Å². The lowest BCUT2D eigenvalue weighted by molar-refractivity contribution is -0.123. The van der Waals surface area contributed by atoms with Crippen molar-refractivity contribution in [1.82, 2.24) is 15.0 Å². The van der Waals surface area contributed by atoms with E-state index >= 15 is 0 Å². The molecule has 4 rings (SSSR count). The van der Waals surface area contributed by atoms with E-state index in [-0.39, 0.29) is 11.3 Å². The summed E-state index contributed by atoms with van der Waals surface area (Å²) in [5.74, 6) is -0.241. The molecule has 1 atom stereocenters. The smallest absolute Gasteiger partial charge is 0.263 e. The molecular formula is C20H20N4O3S. The molecule has 0 saturated carbocycles. The molecule has 1 aromatic carbocycles. The van der Waals surface area contributed by atoms with Crippen LogP contribution in [0.15, 0.2) is 40.5 Å². The molecular weight excluding hydrogens is 376 g/mol. The summed E-state index contributed by atoms with van der Waals surface area (Å²) in [6.07, 6.45) is 7.04. The number of nitrogens with one attached hydrogen (secondary N) is 1. The normalized spacial score (nSPS) is 14.9. The van der Waals surface area contributed by atoms with E-state index in [1.807, 2.05) is 0 Å². The van der Waals surface area contributed by atoms with E-state index in [0.717, 1.165) is 41.6 Å². The molecule has 0 aliphatic heterocycles. The van der Waals surface area contributed by atoms with Crippen LogP contribution in [0.1, 0.15) is 41.8 Å². The van der Waals surface area contributed by atoms with Gasteiger partial charge >= 0.3 is 0 Å². The van der Waals surface area contributed by atoms with Crippen LogP contribution in [0.2, 0.25) is 0 Å². The summed E-state index contributed by atoms with van der Waals surface area (Å²) >= 11 is 1.59. The molecule has 0 fully saturated rings. The molecule has 0 unspecified atom stereocenters. The molecule has 7 nitrogen and oxygen atoms in total. The second-order valence-electron chi connectivity index (χ2n) is 6.85. The van der Waals surface area contributed by atoms with Crippen molar-refractivity contribution in [2.45, 2.75) is 38.6 Å². The Balaban J connectivity index is 1.55. The monoisotopic (exact) mass is 396 g/mol. The summed E-state index contributed by atoms with van der Waals surface area (Å²) in [5, 5.41) is 13.9. The van der Waals surface area contributed by atoms with E-state index < -0.39 is 11.9 Å². The lowest BCUT2D eigenvalue weighted by Gasteiger charge is -2.14. The third kappa shape index (κ3) is 3.43. The van der Waals surface area contributed by atoms with Gasteiger partial charge < -0.3 is 5.11 Å². The van der Waals surface area contributed by atoms with Crippen molar-refractivity contribution < 1.29 is 9.90 Å². The minimum atomic E-state index is -0.736. The number of phenolic OH excluding ortho intramolecular Hbond substituents is 1. The molecule has 1 aliphatic carbocycles. The van der Waals surface area contributed by atoms with E-state index in [1.165, 1.54) is 34.1 Å². The molecule has 2 aromatic heterocycles.